The van der Waals surface area contributed by atoms with Crippen LogP contribution in [0.3, 0.4) is 0 Å². The van der Waals surface area contributed by atoms with Crippen molar-refractivity contribution < 1.29 is 42.9 Å². The summed E-state index contributed by atoms with van der Waals surface area (Å²) in [5, 5.41) is 11.8. The molecule has 0 radical (unpaired) electrons. The third-order valence-electron chi connectivity index (χ3n) is 14.2. The Morgan fingerprint density at radius 3 is 0.860 bits per heavy atom. The number of ether oxygens (including phenoxy) is 4. The van der Waals surface area contributed by atoms with E-state index in [1.165, 1.54) is 0 Å². The molecule has 0 aromatic carbocycles. The molecule has 9 nitrogen and oxygen atoms in total. The molecule has 0 rings (SSSR count). The van der Waals surface area contributed by atoms with Gasteiger partial charge in [-0.05, 0) is 154 Å². The zero-order chi connectivity index (χ0) is 67.5. The van der Waals surface area contributed by atoms with Crippen molar-refractivity contribution in [3.05, 3.63) is 219 Å². The number of allylic oxidation sites excluding steroid dienone is 36. The first-order valence-electron chi connectivity index (χ1n) is 35.9. The van der Waals surface area contributed by atoms with Crippen LogP contribution in [0.1, 0.15) is 232 Å². The Balaban J connectivity index is 4.28. The monoisotopic (exact) mass is 1280 g/mol. The quantitative estimate of drug-likeness (QED) is 0.0195. The van der Waals surface area contributed by atoms with Crippen LogP contribution in [0.25, 0.3) is 0 Å². The van der Waals surface area contributed by atoms with Gasteiger partial charge in [0.15, 0.2) is 12.4 Å². The van der Waals surface area contributed by atoms with E-state index in [2.05, 4.69) is 233 Å². The van der Waals surface area contributed by atoms with Crippen molar-refractivity contribution >= 4 is 17.9 Å². The number of unbranched alkanes of at least 4 members (excludes halogenated alkanes) is 12. The minimum atomic E-state index is -1.65. The summed E-state index contributed by atoms with van der Waals surface area (Å²) in [5.41, 5.74) is 0. The summed E-state index contributed by atoms with van der Waals surface area (Å²) in [4.78, 5) is 37.5. The van der Waals surface area contributed by atoms with Gasteiger partial charge in [0, 0.05) is 12.8 Å². The van der Waals surface area contributed by atoms with Crippen LogP contribution in [-0.2, 0) is 33.3 Å². The zero-order valence-corrected chi connectivity index (χ0v) is 59.0. The summed E-state index contributed by atoms with van der Waals surface area (Å²) in [5.74, 6) is -2.35. The molecule has 0 saturated heterocycles. The van der Waals surface area contributed by atoms with Gasteiger partial charge in [-0.25, -0.2) is 0 Å². The largest absolute Gasteiger partial charge is 0.545 e. The fraction of sp³-hybridized carbons (Fsp3) is 0.536. The van der Waals surface area contributed by atoms with Crippen LogP contribution >= 0.6 is 0 Å². The summed E-state index contributed by atoms with van der Waals surface area (Å²) in [6.07, 6.45) is 110. The molecule has 0 fully saturated rings. The van der Waals surface area contributed by atoms with Crippen LogP contribution in [0.15, 0.2) is 219 Å². The van der Waals surface area contributed by atoms with E-state index in [4.69, 9.17) is 18.9 Å². The van der Waals surface area contributed by atoms with Crippen molar-refractivity contribution in [3.63, 3.8) is 0 Å². The topological polar surface area (TPSA) is 111 Å². The number of rotatable bonds is 63. The van der Waals surface area contributed by atoms with E-state index in [0.717, 1.165) is 193 Å². The van der Waals surface area contributed by atoms with Crippen LogP contribution in [0.5, 0.6) is 0 Å². The molecule has 0 amide bonds. The van der Waals surface area contributed by atoms with E-state index < -0.39 is 24.3 Å². The maximum Gasteiger partial charge on any atom is 0.306 e. The molecule has 0 aromatic heterocycles. The molecule has 93 heavy (non-hydrogen) atoms. The van der Waals surface area contributed by atoms with Crippen molar-refractivity contribution in [3.8, 4) is 0 Å². The molecule has 0 saturated carbocycles. The summed E-state index contributed by atoms with van der Waals surface area (Å²) >= 11 is 0. The standard InChI is InChI=1S/C84H129NO8/c1-6-8-10-12-14-16-18-20-22-24-26-28-30-32-34-36-38-39-40-41-42-43-45-47-49-51-53-55-57-59-61-63-65-67-69-71-73-75-82(87)93-80(79-92-84(83(88)89)90-77-76-85(3,4)5)78-91-81(86)74-72-70-68-66-64-62-60-58-56-54-52-50-48-46-44-37-35-33-31-29-27-25-23-21-19-17-15-13-11-9-7-2/h8-11,14-17,20-23,26-29,32-35,38-39,41-42,44-47,50-53,56-59,80,84H,6-7,12-13,18-19,24-25,30-31,36-37,40,43,48-49,54-55,60-79H2,1-5H3/b10-8-,11-9-,16-14-,17-15-,22-20-,23-21-,28-26-,29-27-,34-32-,35-33-,39-38-,42-41-,46-44-,47-45-,52-50-,53-51-,58-56-,59-57-. The van der Waals surface area contributed by atoms with E-state index in [-0.39, 0.29) is 38.6 Å². The van der Waals surface area contributed by atoms with Gasteiger partial charge in [0.05, 0.1) is 40.3 Å². The molecule has 0 heterocycles. The molecular formula is C84H129NO8. The number of quaternary nitrogens is 1. The molecule has 0 bridgehead atoms. The second-order valence-electron chi connectivity index (χ2n) is 24.1. The average molecular weight is 1280 g/mol. The number of carboxylic acids is 1. The molecule has 0 spiro atoms. The Bertz CT molecular complexity index is 2330. The third-order valence-corrected chi connectivity index (χ3v) is 14.2. The number of esters is 2. The Kier molecular flexibility index (Phi) is 66.5. The lowest BCUT2D eigenvalue weighted by atomic mass is 10.1. The van der Waals surface area contributed by atoms with E-state index >= 15 is 0 Å². The van der Waals surface area contributed by atoms with Crippen LogP contribution in [0.4, 0.5) is 0 Å². The summed E-state index contributed by atoms with van der Waals surface area (Å²) in [6.45, 7) is 4.45. The Morgan fingerprint density at radius 2 is 0.581 bits per heavy atom. The van der Waals surface area contributed by atoms with Crippen molar-refractivity contribution in [2.45, 2.75) is 245 Å². The molecule has 9 heteroatoms. The number of hydrogen-bond donors (Lipinski definition) is 0. The van der Waals surface area contributed by atoms with Gasteiger partial charge >= 0.3 is 11.9 Å². The number of hydrogen-bond acceptors (Lipinski definition) is 8. The molecule has 0 aliphatic carbocycles. The first-order chi connectivity index (χ1) is 45.6. The SMILES string of the molecule is CC/C=C\C/C=C\C/C=C\C/C=C\C/C=C\C/C=C\C/C=C\C/C=C\C/C=C\C/C=C\CCCCCCCCC(=O)OC(COC(=O)CCCCCCCC/C=C\C/C=C\C/C=C\C/C=C\C/C=C\C/C=C\C/C=C\C/C=C\CC)COC(OCC[N+](C)(C)C)C(=O)[O-]. The molecule has 518 valence electrons. The number of carbonyl (C=O) groups is 3. The van der Waals surface area contributed by atoms with Crippen LogP contribution < -0.4 is 5.11 Å². The van der Waals surface area contributed by atoms with Gasteiger partial charge in [-0.2, -0.15) is 0 Å². The molecule has 2 unspecified atom stereocenters. The van der Waals surface area contributed by atoms with Gasteiger partial charge in [-0.3, -0.25) is 9.59 Å². The highest BCUT2D eigenvalue weighted by Crippen LogP contribution is 2.14. The summed E-state index contributed by atoms with van der Waals surface area (Å²) in [7, 11) is 5.90. The first-order valence-corrected chi connectivity index (χ1v) is 35.9. The zero-order valence-electron chi connectivity index (χ0n) is 59.0. The first kappa shape index (κ1) is 86.6. The number of carboxylic acid groups (broad SMARTS) is 1. The van der Waals surface area contributed by atoms with Crippen LogP contribution in [0, 0.1) is 0 Å². The Hall–Kier alpha value is -6.39. The maximum atomic E-state index is 12.9. The van der Waals surface area contributed by atoms with Crippen molar-refractivity contribution in [1.29, 1.82) is 0 Å². The minimum absolute atomic E-state index is 0.129. The van der Waals surface area contributed by atoms with E-state index in [1.807, 2.05) is 21.1 Å². The summed E-state index contributed by atoms with van der Waals surface area (Å²) in [6, 6.07) is 0. The molecular weight excluding hydrogens is 1150 g/mol. The average Bonchev–Trinajstić information content (AvgIpc) is 3.73. The third kappa shape index (κ3) is 72.9. The molecule has 2 atom stereocenters. The smallest absolute Gasteiger partial charge is 0.306 e. The van der Waals surface area contributed by atoms with E-state index in [9.17, 15) is 19.5 Å². The highest BCUT2D eigenvalue weighted by Gasteiger charge is 2.22. The molecule has 0 aromatic rings. The predicted molar refractivity (Wildman–Crippen MR) is 397 cm³/mol. The summed E-state index contributed by atoms with van der Waals surface area (Å²) < 4.78 is 22.7. The highest BCUT2D eigenvalue weighted by molar-refractivity contribution is 5.70. The van der Waals surface area contributed by atoms with Gasteiger partial charge in [-0.1, -0.05) is 284 Å². The highest BCUT2D eigenvalue weighted by atomic mass is 16.7. The van der Waals surface area contributed by atoms with Gasteiger partial charge < -0.3 is 33.3 Å². The predicted octanol–water partition coefficient (Wildman–Crippen LogP) is 21.6. The lowest BCUT2D eigenvalue weighted by Gasteiger charge is -2.26. The van der Waals surface area contributed by atoms with Crippen molar-refractivity contribution in [2.24, 2.45) is 0 Å². The van der Waals surface area contributed by atoms with Gasteiger partial charge in [-0.15, -0.1) is 0 Å². The Labute approximate surface area is 568 Å². The van der Waals surface area contributed by atoms with E-state index in [1.54, 1.807) is 0 Å². The fourth-order valence-electron chi connectivity index (χ4n) is 8.81. The van der Waals surface area contributed by atoms with Crippen molar-refractivity contribution in [2.75, 3.05) is 47.5 Å². The number of carbonyl (C=O) groups excluding carboxylic acids is 3. The fourth-order valence-corrected chi connectivity index (χ4v) is 8.81. The van der Waals surface area contributed by atoms with Crippen molar-refractivity contribution in [1.82, 2.24) is 0 Å². The Morgan fingerprint density at radius 1 is 0.323 bits per heavy atom. The lowest BCUT2D eigenvalue weighted by molar-refractivity contribution is -0.870. The lowest BCUT2D eigenvalue weighted by Crippen LogP contribution is -2.44. The number of aliphatic carboxylic acids is 1. The molecule has 0 aliphatic heterocycles. The number of likely N-dealkylation sites (N-methyl/N-ethyl adjacent to an activating group) is 1. The molecule has 0 aliphatic rings. The molecule has 0 N–H and O–H groups in total. The van der Waals surface area contributed by atoms with Gasteiger partial charge in [0.2, 0.25) is 0 Å². The van der Waals surface area contributed by atoms with Gasteiger partial charge in [0.1, 0.15) is 13.2 Å². The van der Waals surface area contributed by atoms with Gasteiger partial charge in [0.25, 0.3) is 0 Å². The maximum absolute atomic E-state index is 12.9. The van der Waals surface area contributed by atoms with Crippen LogP contribution in [-0.4, -0.2) is 82.3 Å². The normalized spacial score (nSPS) is 14.0. The second-order valence-corrected chi connectivity index (χ2v) is 24.1. The number of nitrogens with zero attached hydrogens (tertiary/aromatic N) is 1. The van der Waals surface area contributed by atoms with Crippen LogP contribution in [0.2, 0.25) is 0 Å². The second kappa shape index (κ2) is 71.5. The van der Waals surface area contributed by atoms with E-state index in [0.29, 0.717) is 23.9 Å². The minimum Gasteiger partial charge on any atom is -0.545 e.